The van der Waals surface area contributed by atoms with Gasteiger partial charge in [-0.05, 0) is 23.8 Å². The Hall–Kier alpha value is -3.84. The first kappa shape index (κ1) is 19.1. The lowest BCUT2D eigenvalue weighted by atomic mass is 9.93. The summed E-state index contributed by atoms with van der Waals surface area (Å²) in [5.74, 6) is -0.449. The number of hydrogen-bond donors (Lipinski definition) is 2. The van der Waals surface area contributed by atoms with E-state index in [1.54, 1.807) is 24.3 Å². The molecule has 8 heteroatoms. The number of aromatic nitrogens is 1. The van der Waals surface area contributed by atoms with Gasteiger partial charge in [0.2, 0.25) is 6.41 Å². The Morgan fingerprint density at radius 3 is 2.48 bits per heavy atom. The fourth-order valence-corrected chi connectivity index (χ4v) is 4.55. The summed E-state index contributed by atoms with van der Waals surface area (Å²) in [6.07, 6.45) is 0.561. The molecule has 31 heavy (non-hydrogen) atoms. The van der Waals surface area contributed by atoms with E-state index in [9.17, 15) is 14.4 Å². The third kappa shape index (κ3) is 2.63. The quantitative estimate of drug-likeness (QED) is 0.374. The van der Waals surface area contributed by atoms with Crippen molar-refractivity contribution in [1.29, 1.82) is 0 Å². The first-order valence-corrected chi connectivity index (χ1v) is 9.82. The number of nitrogens with zero attached hydrogens (tertiary/aromatic N) is 1. The van der Waals surface area contributed by atoms with Crippen molar-refractivity contribution in [2.45, 2.75) is 0 Å². The molecule has 0 radical (unpaired) electrons. The lowest BCUT2D eigenvalue weighted by molar-refractivity contribution is -0.105. The lowest BCUT2D eigenvalue weighted by Gasteiger charge is -2.10. The summed E-state index contributed by atoms with van der Waals surface area (Å²) < 4.78 is 7.34. The van der Waals surface area contributed by atoms with E-state index < -0.39 is 11.8 Å². The molecule has 0 aliphatic carbocycles. The van der Waals surface area contributed by atoms with Crippen LogP contribution in [0.1, 0.15) is 20.7 Å². The zero-order valence-corrected chi connectivity index (χ0v) is 17.3. The number of nitrogens with one attached hydrogen (secondary N) is 2. The molecule has 1 aliphatic rings. The Balaban J connectivity index is 1.98. The molecule has 3 aromatic carbocycles. The Kier molecular flexibility index (Phi) is 4.23. The van der Waals surface area contributed by atoms with Crippen LogP contribution in [0.25, 0.3) is 32.9 Å². The molecular weight excluding hydrogens is 418 g/mol. The summed E-state index contributed by atoms with van der Waals surface area (Å²) in [4.78, 5) is 36.7. The molecule has 5 rings (SSSR count). The average molecular weight is 434 g/mol. The van der Waals surface area contributed by atoms with Crippen LogP contribution in [0.2, 0.25) is 5.02 Å². The normalized spacial score (nSPS) is 12.9. The van der Waals surface area contributed by atoms with Crippen molar-refractivity contribution >= 4 is 57.3 Å². The zero-order chi connectivity index (χ0) is 21.9. The van der Waals surface area contributed by atoms with Crippen molar-refractivity contribution in [2.24, 2.45) is 7.05 Å². The predicted molar refractivity (Wildman–Crippen MR) is 119 cm³/mol. The molecule has 7 nitrogen and oxygen atoms in total. The SMILES string of the molecule is COc1cc2c(cc1NC=O)c1c3c(c(-c4ccccc4Cl)cc1n2C)C(=O)NC3=O. The summed E-state index contributed by atoms with van der Waals surface area (Å²) in [5.41, 5.74) is 3.84. The molecule has 2 N–H and O–H groups in total. The van der Waals surface area contributed by atoms with Crippen LogP contribution in [-0.4, -0.2) is 29.9 Å². The minimum absolute atomic E-state index is 0.291. The van der Waals surface area contributed by atoms with Crippen LogP contribution in [-0.2, 0) is 11.8 Å². The number of carbonyl (C=O) groups is 3. The topological polar surface area (TPSA) is 89.4 Å². The van der Waals surface area contributed by atoms with E-state index in [-0.39, 0.29) is 0 Å². The van der Waals surface area contributed by atoms with E-state index in [0.29, 0.717) is 50.5 Å². The van der Waals surface area contributed by atoms with E-state index in [2.05, 4.69) is 10.6 Å². The van der Waals surface area contributed by atoms with Gasteiger partial charge in [-0.3, -0.25) is 19.7 Å². The molecule has 0 saturated carbocycles. The highest BCUT2D eigenvalue weighted by atomic mass is 35.5. The van der Waals surface area contributed by atoms with Crippen LogP contribution < -0.4 is 15.4 Å². The first-order chi connectivity index (χ1) is 15.0. The van der Waals surface area contributed by atoms with Gasteiger partial charge < -0.3 is 14.6 Å². The van der Waals surface area contributed by atoms with Crippen LogP contribution in [0.3, 0.4) is 0 Å². The second kappa shape index (κ2) is 6.85. The largest absolute Gasteiger partial charge is 0.494 e. The number of methoxy groups -OCH3 is 1. The maximum absolute atomic E-state index is 12.9. The number of ether oxygens (including phenoxy) is 1. The van der Waals surface area contributed by atoms with Gasteiger partial charge in [0.1, 0.15) is 5.75 Å². The number of halogens is 1. The first-order valence-electron chi connectivity index (χ1n) is 9.44. The minimum Gasteiger partial charge on any atom is -0.494 e. The van der Waals surface area contributed by atoms with Gasteiger partial charge in [-0.2, -0.15) is 0 Å². The smallest absolute Gasteiger partial charge is 0.259 e. The van der Waals surface area contributed by atoms with Gasteiger partial charge in [-0.1, -0.05) is 29.8 Å². The molecule has 0 atom stereocenters. The van der Waals surface area contributed by atoms with Gasteiger partial charge in [-0.25, -0.2) is 0 Å². The summed E-state index contributed by atoms with van der Waals surface area (Å²) >= 11 is 6.43. The van der Waals surface area contributed by atoms with Crippen molar-refractivity contribution in [2.75, 3.05) is 12.4 Å². The van der Waals surface area contributed by atoms with Crippen LogP contribution in [0.15, 0.2) is 42.5 Å². The molecule has 1 aliphatic heterocycles. The molecule has 3 amide bonds. The van der Waals surface area contributed by atoms with Gasteiger partial charge in [-0.15, -0.1) is 0 Å². The number of hydrogen-bond acceptors (Lipinski definition) is 4. The van der Waals surface area contributed by atoms with Gasteiger partial charge >= 0.3 is 0 Å². The van der Waals surface area contributed by atoms with Crippen molar-refractivity contribution in [3.05, 3.63) is 58.6 Å². The zero-order valence-electron chi connectivity index (χ0n) is 16.6. The number of anilines is 1. The second-order valence-electron chi connectivity index (χ2n) is 7.22. The Morgan fingerprint density at radius 1 is 1.03 bits per heavy atom. The number of benzene rings is 3. The van der Waals surface area contributed by atoms with E-state index in [1.807, 2.05) is 29.8 Å². The molecule has 0 spiro atoms. The fourth-order valence-electron chi connectivity index (χ4n) is 4.31. The third-order valence-electron chi connectivity index (χ3n) is 5.68. The third-order valence-corrected chi connectivity index (χ3v) is 6.01. The van der Waals surface area contributed by atoms with Crippen LogP contribution in [0, 0.1) is 0 Å². The summed E-state index contributed by atoms with van der Waals surface area (Å²) in [5, 5.41) is 6.87. The average Bonchev–Trinajstić information content (AvgIpc) is 3.21. The van der Waals surface area contributed by atoms with E-state index >= 15 is 0 Å². The maximum Gasteiger partial charge on any atom is 0.259 e. The Bertz CT molecular complexity index is 1450. The highest BCUT2D eigenvalue weighted by molar-refractivity contribution is 6.36. The monoisotopic (exact) mass is 433 g/mol. The standard InChI is InChI=1S/C23H16ClN3O4/c1-27-16-9-18(31-2)15(25-10-28)7-13(16)19-17(27)8-12(11-5-3-4-6-14(11)24)20-21(19)23(30)26-22(20)29/h3-10H,1-2H3,(H,25,28)(H,26,29,30). The number of imide groups is 1. The summed E-state index contributed by atoms with van der Waals surface area (Å²) in [7, 11) is 3.38. The lowest BCUT2D eigenvalue weighted by Crippen LogP contribution is -2.20. The van der Waals surface area contributed by atoms with E-state index in [4.69, 9.17) is 16.3 Å². The Labute approximate surface area is 181 Å². The summed E-state index contributed by atoms with van der Waals surface area (Å²) in [6, 6.07) is 12.6. The molecule has 0 unspecified atom stereocenters. The number of fused-ring (bicyclic) bond motifs is 5. The van der Waals surface area contributed by atoms with Crippen LogP contribution in [0.5, 0.6) is 5.75 Å². The van der Waals surface area contributed by atoms with Gasteiger partial charge in [0.05, 0.1) is 35.0 Å². The fraction of sp³-hybridized carbons (Fsp3) is 0.0870. The number of amides is 3. The predicted octanol–water partition coefficient (Wildman–Crippen LogP) is 4.11. The molecule has 0 fully saturated rings. The molecule has 1 aromatic heterocycles. The Morgan fingerprint density at radius 2 is 1.77 bits per heavy atom. The van der Waals surface area contributed by atoms with E-state index in [1.165, 1.54) is 7.11 Å². The molecule has 4 aromatic rings. The second-order valence-corrected chi connectivity index (χ2v) is 7.63. The number of rotatable bonds is 4. The highest BCUT2D eigenvalue weighted by Gasteiger charge is 2.34. The van der Waals surface area contributed by atoms with Crippen molar-refractivity contribution in [3.8, 4) is 16.9 Å². The molecule has 2 heterocycles. The van der Waals surface area contributed by atoms with Gasteiger partial charge in [0, 0.05) is 34.5 Å². The number of aryl methyl sites for hydroxylation is 1. The van der Waals surface area contributed by atoms with Crippen LogP contribution >= 0.6 is 11.6 Å². The summed E-state index contributed by atoms with van der Waals surface area (Å²) in [6.45, 7) is 0. The maximum atomic E-state index is 12.9. The minimum atomic E-state index is -0.466. The van der Waals surface area contributed by atoms with Crippen molar-refractivity contribution < 1.29 is 19.1 Å². The van der Waals surface area contributed by atoms with E-state index in [0.717, 1.165) is 16.4 Å². The molecule has 0 saturated heterocycles. The molecular formula is C23H16ClN3O4. The van der Waals surface area contributed by atoms with Gasteiger partial charge in [0.25, 0.3) is 11.8 Å². The number of carbonyl (C=O) groups excluding carboxylic acids is 3. The highest BCUT2D eigenvalue weighted by Crippen LogP contribution is 2.43. The van der Waals surface area contributed by atoms with Crippen molar-refractivity contribution in [1.82, 2.24) is 9.88 Å². The molecule has 0 bridgehead atoms. The molecule has 154 valence electrons. The van der Waals surface area contributed by atoms with Crippen LogP contribution in [0.4, 0.5) is 5.69 Å². The van der Waals surface area contributed by atoms with Crippen molar-refractivity contribution in [3.63, 3.8) is 0 Å². The van der Waals surface area contributed by atoms with Gasteiger partial charge in [0.15, 0.2) is 0 Å².